The molecule has 4 heteroatoms. The van der Waals surface area contributed by atoms with Gasteiger partial charge in [0, 0.05) is 11.6 Å². The summed E-state index contributed by atoms with van der Waals surface area (Å²) in [5.74, 6) is -0.706. The Kier molecular flexibility index (Phi) is 3.88. The molecule has 1 amide bonds. The van der Waals surface area contributed by atoms with Gasteiger partial charge in [0.15, 0.2) is 0 Å². The maximum Gasteiger partial charge on any atom is 0.305 e. The average Bonchev–Trinajstić information content (AvgIpc) is 3.14. The molecule has 1 fully saturated rings. The summed E-state index contributed by atoms with van der Waals surface area (Å²) < 4.78 is 0. The molecule has 0 aromatic heterocycles. The molecular formula is C15H19NO3. The Morgan fingerprint density at radius 1 is 1.37 bits per heavy atom. The number of hydrogen-bond acceptors (Lipinski definition) is 2. The first kappa shape index (κ1) is 13.6. The Labute approximate surface area is 112 Å². The van der Waals surface area contributed by atoms with E-state index in [0.717, 1.165) is 24.0 Å². The highest BCUT2D eigenvalue weighted by Gasteiger charge is 2.34. The van der Waals surface area contributed by atoms with Crippen molar-refractivity contribution in [3.8, 4) is 0 Å². The molecular weight excluding hydrogens is 242 g/mol. The summed E-state index contributed by atoms with van der Waals surface area (Å²) in [6, 6.07) is 5.47. The number of carboxylic acid groups (broad SMARTS) is 1. The highest BCUT2D eigenvalue weighted by atomic mass is 16.4. The van der Waals surface area contributed by atoms with Crippen LogP contribution in [-0.4, -0.2) is 23.0 Å². The van der Waals surface area contributed by atoms with E-state index in [9.17, 15) is 9.59 Å². The molecule has 1 atom stereocenters. The van der Waals surface area contributed by atoms with E-state index in [1.54, 1.807) is 0 Å². The van der Waals surface area contributed by atoms with Crippen molar-refractivity contribution >= 4 is 11.9 Å². The first-order valence-corrected chi connectivity index (χ1v) is 6.57. The molecule has 0 heterocycles. The van der Waals surface area contributed by atoms with E-state index in [0.29, 0.717) is 11.5 Å². The summed E-state index contributed by atoms with van der Waals surface area (Å²) in [5.41, 5.74) is 2.57. The third-order valence-corrected chi connectivity index (χ3v) is 3.54. The SMILES string of the molecule is Cc1ccc(C)c(C(=O)NC(CC(=O)O)C2CC2)c1. The van der Waals surface area contributed by atoms with Crippen molar-refractivity contribution in [2.75, 3.05) is 0 Å². The van der Waals surface area contributed by atoms with Gasteiger partial charge in [-0.25, -0.2) is 0 Å². The first-order valence-electron chi connectivity index (χ1n) is 6.57. The molecule has 2 N–H and O–H groups in total. The quantitative estimate of drug-likeness (QED) is 0.854. The molecule has 102 valence electrons. The lowest BCUT2D eigenvalue weighted by atomic mass is 10.0. The van der Waals surface area contributed by atoms with Gasteiger partial charge < -0.3 is 10.4 Å². The van der Waals surface area contributed by atoms with Crippen LogP contribution in [0.1, 0.15) is 40.7 Å². The smallest absolute Gasteiger partial charge is 0.305 e. The lowest BCUT2D eigenvalue weighted by Gasteiger charge is -2.17. The Morgan fingerprint density at radius 2 is 2.05 bits per heavy atom. The predicted octanol–water partition coefficient (Wildman–Crippen LogP) is 2.29. The van der Waals surface area contributed by atoms with E-state index >= 15 is 0 Å². The van der Waals surface area contributed by atoms with E-state index in [-0.39, 0.29) is 18.4 Å². The summed E-state index contributed by atoms with van der Waals surface area (Å²) in [7, 11) is 0. The van der Waals surface area contributed by atoms with Crippen LogP contribution in [0.3, 0.4) is 0 Å². The Balaban J connectivity index is 2.10. The van der Waals surface area contributed by atoms with Crippen LogP contribution in [0.4, 0.5) is 0 Å². The molecule has 1 aromatic rings. The number of amides is 1. The molecule has 0 saturated heterocycles. The molecule has 1 unspecified atom stereocenters. The van der Waals surface area contributed by atoms with Crippen molar-refractivity contribution in [1.82, 2.24) is 5.32 Å². The molecule has 0 spiro atoms. The van der Waals surface area contributed by atoms with Crippen LogP contribution in [0.15, 0.2) is 18.2 Å². The van der Waals surface area contributed by atoms with Gasteiger partial charge in [-0.15, -0.1) is 0 Å². The van der Waals surface area contributed by atoms with Gasteiger partial charge in [-0.3, -0.25) is 9.59 Å². The summed E-state index contributed by atoms with van der Waals surface area (Å²) in [6.07, 6.45) is 2.01. The van der Waals surface area contributed by atoms with Crippen LogP contribution in [0.25, 0.3) is 0 Å². The molecule has 1 saturated carbocycles. The van der Waals surface area contributed by atoms with E-state index < -0.39 is 5.97 Å². The number of nitrogens with one attached hydrogen (secondary N) is 1. The van der Waals surface area contributed by atoms with E-state index in [4.69, 9.17) is 5.11 Å². The van der Waals surface area contributed by atoms with Gasteiger partial charge in [0.05, 0.1) is 6.42 Å². The Hall–Kier alpha value is -1.84. The average molecular weight is 261 g/mol. The van der Waals surface area contributed by atoms with Crippen LogP contribution in [0.5, 0.6) is 0 Å². The van der Waals surface area contributed by atoms with Crippen LogP contribution >= 0.6 is 0 Å². The lowest BCUT2D eigenvalue weighted by Crippen LogP contribution is -2.38. The van der Waals surface area contributed by atoms with E-state index in [1.165, 1.54) is 0 Å². The number of rotatable bonds is 5. The zero-order valence-corrected chi connectivity index (χ0v) is 11.3. The summed E-state index contributed by atoms with van der Waals surface area (Å²) >= 11 is 0. The monoisotopic (exact) mass is 261 g/mol. The summed E-state index contributed by atoms with van der Waals surface area (Å²) in [6.45, 7) is 3.82. The van der Waals surface area contributed by atoms with Crippen molar-refractivity contribution < 1.29 is 14.7 Å². The van der Waals surface area contributed by atoms with Gasteiger partial charge >= 0.3 is 5.97 Å². The van der Waals surface area contributed by atoms with Gasteiger partial charge in [0.25, 0.3) is 5.91 Å². The van der Waals surface area contributed by atoms with Gasteiger partial charge in [-0.05, 0) is 44.2 Å². The molecule has 0 radical (unpaired) electrons. The molecule has 2 rings (SSSR count). The third kappa shape index (κ3) is 3.56. The Morgan fingerprint density at radius 3 is 2.63 bits per heavy atom. The molecule has 1 aliphatic carbocycles. The topological polar surface area (TPSA) is 66.4 Å². The normalized spacial score (nSPS) is 15.9. The largest absolute Gasteiger partial charge is 0.481 e. The molecule has 1 aromatic carbocycles. The highest BCUT2D eigenvalue weighted by Crippen LogP contribution is 2.34. The number of aliphatic carboxylic acids is 1. The minimum atomic E-state index is -0.863. The fourth-order valence-corrected chi connectivity index (χ4v) is 2.25. The fraction of sp³-hybridized carbons (Fsp3) is 0.467. The van der Waals surface area contributed by atoms with Gasteiger partial charge in [0.2, 0.25) is 0 Å². The Bertz CT molecular complexity index is 506. The second-order valence-corrected chi connectivity index (χ2v) is 5.33. The third-order valence-electron chi connectivity index (χ3n) is 3.54. The molecule has 19 heavy (non-hydrogen) atoms. The number of benzene rings is 1. The number of carbonyl (C=O) groups is 2. The van der Waals surface area contributed by atoms with Crippen molar-refractivity contribution in [2.24, 2.45) is 5.92 Å². The minimum Gasteiger partial charge on any atom is -0.481 e. The fourth-order valence-electron chi connectivity index (χ4n) is 2.25. The van der Waals surface area contributed by atoms with Crippen LogP contribution in [0.2, 0.25) is 0 Å². The number of aryl methyl sites for hydroxylation is 2. The zero-order chi connectivity index (χ0) is 14.0. The van der Waals surface area contributed by atoms with Crippen LogP contribution in [0, 0.1) is 19.8 Å². The maximum absolute atomic E-state index is 12.2. The first-order chi connectivity index (χ1) is 8.97. The number of hydrogen-bond donors (Lipinski definition) is 2. The lowest BCUT2D eigenvalue weighted by molar-refractivity contribution is -0.137. The maximum atomic E-state index is 12.2. The standard InChI is InChI=1S/C15H19NO3/c1-9-3-4-10(2)12(7-9)15(19)16-13(8-14(17)18)11-5-6-11/h3-4,7,11,13H,5-6,8H2,1-2H3,(H,16,19)(H,17,18). The molecule has 0 aliphatic heterocycles. The van der Waals surface area contributed by atoms with Gasteiger partial charge in [-0.2, -0.15) is 0 Å². The van der Waals surface area contributed by atoms with Crippen molar-refractivity contribution in [2.45, 2.75) is 39.2 Å². The van der Waals surface area contributed by atoms with Gasteiger partial charge in [0.1, 0.15) is 0 Å². The van der Waals surface area contributed by atoms with Crippen LogP contribution < -0.4 is 5.32 Å². The second kappa shape index (κ2) is 5.43. The molecule has 0 bridgehead atoms. The van der Waals surface area contributed by atoms with Crippen molar-refractivity contribution in [1.29, 1.82) is 0 Å². The van der Waals surface area contributed by atoms with E-state index in [1.807, 2.05) is 32.0 Å². The van der Waals surface area contributed by atoms with Crippen LogP contribution in [-0.2, 0) is 4.79 Å². The number of carbonyl (C=O) groups excluding carboxylic acids is 1. The molecule has 1 aliphatic rings. The predicted molar refractivity (Wildman–Crippen MR) is 72.1 cm³/mol. The van der Waals surface area contributed by atoms with Gasteiger partial charge in [-0.1, -0.05) is 17.7 Å². The second-order valence-electron chi connectivity index (χ2n) is 5.33. The van der Waals surface area contributed by atoms with E-state index in [2.05, 4.69) is 5.32 Å². The summed E-state index contributed by atoms with van der Waals surface area (Å²) in [4.78, 5) is 23.1. The van der Waals surface area contributed by atoms with Crippen molar-refractivity contribution in [3.63, 3.8) is 0 Å². The summed E-state index contributed by atoms with van der Waals surface area (Å²) in [5, 5.41) is 11.8. The highest BCUT2D eigenvalue weighted by molar-refractivity contribution is 5.96. The van der Waals surface area contributed by atoms with Crippen molar-refractivity contribution in [3.05, 3.63) is 34.9 Å². The minimum absolute atomic E-state index is 0.00126. The molecule has 4 nitrogen and oxygen atoms in total. The zero-order valence-electron chi connectivity index (χ0n) is 11.3. The number of carboxylic acids is 1.